The van der Waals surface area contributed by atoms with E-state index in [0.717, 1.165) is 50.3 Å². The molecule has 1 N–H and O–H groups in total. The van der Waals surface area contributed by atoms with E-state index in [1.54, 1.807) is 0 Å². The number of guanidine groups is 1. The van der Waals surface area contributed by atoms with Crippen LogP contribution in [-0.2, 0) is 9.84 Å². The van der Waals surface area contributed by atoms with Gasteiger partial charge in [0.2, 0.25) is 0 Å². The van der Waals surface area contributed by atoms with Crippen molar-refractivity contribution in [3.63, 3.8) is 0 Å². The molecule has 1 aromatic rings. The first kappa shape index (κ1) is 24.5. The predicted octanol–water partition coefficient (Wildman–Crippen LogP) is 1.69. The number of nitrogens with one attached hydrogen (secondary N) is 1. The van der Waals surface area contributed by atoms with Gasteiger partial charge < -0.3 is 15.1 Å². The minimum Gasteiger partial charge on any atom is -0.368 e. The van der Waals surface area contributed by atoms with Gasteiger partial charge in [0.05, 0.1) is 11.5 Å². The van der Waals surface area contributed by atoms with E-state index in [0.29, 0.717) is 13.1 Å². The van der Waals surface area contributed by atoms with Crippen molar-refractivity contribution in [3.8, 4) is 0 Å². The van der Waals surface area contributed by atoms with E-state index in [1.807, 2.05) is 19.2 Å². The van der Waals surface area contributed by atoms with E-state index >= 15 is 0 Å². The summed E-state index contributed by atoms with van der Waals surface area (Å²) in [6.45, 7) is 8.60. The zero-order valence-electron chi connectivity index (χ0n) is 17.1. The number of aliphatic imine (C=N–C) groups is 1. The summed E-state index contributed by atoms with van der Waals surface area (Å²) in [7, 11) is -1.01. The van der Waals surface area contributed by atoms with Crippen LogP contribution in [0.5, 0.6) is 0 Å². The normalized spacial score (nSPS) is 20.3. The fraction of sp³-hybridized carbons (Fsp3) is 0.632. The molecular formula is C19H31ClIN5O2S. The number of benzene rings is 1. The number of hydrogen-bond acceptors (Lipinski definition) is 5. The zero-order valence-corrected chi connectivity index (χ0v) is 21.0. The predicted molar refractivity (Wildman–Crippen MR) is 132 cm³/mol. The largest absolute Gasteiger partial charge is 0.368 e. The number of rotatable bonds is 4. The van der Waals surface area contributed by atoms with Crippen LogP contribution in [0, 0.1) is 6.92 Å². The van der Waals surface area contributed by atoms with Crippen molar-refractivity contribution in [1.29, 1.82) is 0 Å². The molecule has 0 unspecified atom stereocenters. The third-order valence-electron chi connectivity index (χ3n) is 5.45. The first-order valence-corrected chi connectivity index (χ1v) is 12.0. The van der Waals surface area contributed by atoms with Crippen LogP contribution in [0.25, 0.3) is 0 Å². The molecule has 2 aliphatic heterocycles. The van der Waals surface area contributed by atoms with Gasteiger partial charge >= 0.3 is 0 Å². The van der Waals surface area contributed by atoms with Crippen LogP contribution >= 0.6 is 35.6 Å². The van der Waals surface area contributed by atoms with Crippen LogP contribution in [0.2, 0.25) is 5.02 Å². The standard InChI is InChI=1S/C19H30ClN5O2S.HI/c1-16-3-4-17(20)15-18(16)24-7-9-25(10-8-24)19(21-2)22-5-6-23-11-13-28(26,27)14-12-23;/h3-4,15H,5-14H2,1-2H3,(H,21,22);1H. The molecule has 10 heteroatoms. The lowest BCUT2D eigenvalue weighted by Gasteiger charge is -2.38. The van der Waals surface area contributed by atoms with Crippen LogP contribution in [0.4, 0.5) is 5.69 Å². The third-order valence-corrected chi connectivity index (χ3v) is 7.30. The highest BCUT2D eigenvalue weighted by atomic mass is 127. The Morgan fingerprint density at radius 2 is 1.79 bits per heavy atom. The molecule has 3 rings (SSSR count). The van der Waals surface area contributed by atoms with Crippen molar-refractivity contribution < 1.29 is 8.42 Å². The molecule has 2 heterocycles. The summed E-state index contributed by atoms with van der Waals surface area (Å²) in [5, 5.41) is 4.20. The molecule has 29 heavy (non-hydrogen) atoms. The molecule has 0 aromatic heterocycles. The van der Waals surface area contributed by atoms with Crippen LogP contribution in [-0.4, -0.2) is 95.1 Å². The Balaban J connectivity index is 0.00000300. The molecular weight excluding hydrogens is 525 g/mol. The minimum absolute atomic E-state index is 0. The van der Waals surface area contributed by atoms with Crippen LogP contribution < -0.4 is 10.2 Å². The number of halogens is 2. The quantitative estimate of drug-likeness (QED) is 0.347. The molecule has 2 fully saturated rings. The molecule has 0 aliphatic carbocycles. The van der Waals surface area contributed by atoms with Gasteiger partial charge in [-0.1, -0.05) is 17.7 Å². The topological polar surface area (TPSA) is 68.2 Å². The molecule has 7 nitrogen and oxygen atoms in total. The monoisotopic (exact) mass is 555 g/mol. The first-order valence-electron chi connectivity index (χ1n) is 9.77. The van der Waals surface area contributed by atoms with Gasteiger partial charge in [-0.05, 0) is 24.6 Å². The van der Waals surface area contributed by atoms with Gasteiger partial charge in [-0.25, -0.2) is 8.42 Å². The third kappa shape index (κ3) is 6.86. The van der Waals surface area contributed by atoms with Gasteiger partial charge in [0.25, 0.3) is 0 Å². The fourth-order valence-corrected chi connectivity index (χ4v) is 5.16. The average Bonchev–Trinajstić information content (AvgIpc) is 2.68. The summed E-state index contributed by atoms with van der Waals surface area (Å²) in [5.41, 5.74) is 2.44. The van der Waals surface area contributed by atoms with Crippen LogP contribution in [0.15, 0.2) is 23.2 Å². The summed E-state index contributed by atoms with van der Waals surface area (Å²) >= 11 is 6.17. The molecule has 0 saturated carbocycles. The molecule has 0 bridgehead atoms. The second kappa shape index (κ2) is 11.0. The maximum Gasteiger partial charge on any atom is 0.193 e. The second-order valence-corrected chi connectivity index (χ2v) is 10.1. The fourth-order valence-electron chi connectivity index (χ4n) is 3.71. The summed E-state index contributed by atoms with van der Waals surface area (Å²) in [4.78, 5) is 11.3. The number of nitrogens with zero attached hydrogens (tertiary/aromatic N) is 4. The summed E-state index contributed by atoms with van der Waals surface area (Å²) in [6.07, 6.45) is 0. The number of sulfone groups is 1. The molecule has 0 spiro atoms. The molecule has 164 valence electrons. The van der Waals surface area contributed by atoms with Gasteiger partial charge in [-0.15, -0.1) is 24.0 Å². The van der Waals surface area contributed by atoms with E-state index in [1.165, 1.54) is 11.3 Å². The Labute approximate surface area is 196 Å². The number of aryl methyl sites for hydroxylation is 1. The Morgan fingerprint density at radius 1 is 1.14 bits per heavy atom. The molecule has 0 atom stereocenters. The van der Waals surface area contributed by atoms with Crippen LogP contribution in [0.1, 0.15) is 5.56 Å². The van der Waals surface area contributed by atoms with E-state index < -0.39 is 9.84 Å². The summed E-state index contributed by atoms with van der Waals surface area (Å²) in [5.74, 6) is 1.45. The lowest BCUT2D eigenvalue weighted by atomic mass is 10.1. The van der Waals surface area contributed by atoms with E-state index in [4.69, 9.17) is 11.6 Å². The van der Waals surface area contributed by atoms with Gasteiger partial charge in [0, 0.05) is 70.1 Å². The molecule has 0 radical (unpaired) electrons. The number of piperazine rings is 1. The maximum absolute atomic E-state index is 11.5. The molecule has 1 aromatic carbocycles. The second-order valence-electron chi connectivity index (χ2n) is 7.37. The number of anilines is 1. The SMILES string of the molecule is CN=C(NCCN1CCS(=O)(=O)CC1)N1CCN(c2cc(Cl)ccc2C)CC1.I. The smallest absolute Gasteiger partial charge is 0.193 e. The van der Waals surface area contributed by atoms with E-state index in [9.17, 15) is 8.42 Å². The first-order chi connectivity index (χ1) is 13.4. The molecule has 2 aliphatic rings. The zero-order chi connectivity index (χ0) is 20.1. The minimum atomic E-state index is -2.82. The van der Waals surface area contributed by atoms with Crippen molar-refractivity contribution in [3.05, 3.63) is 28.8 Å². The Hall–Kier alpha value is -0.780. The molecule has 0 amide bonds. The lowest BCUT2D eigenvalue weighted by molar-refractivity contribution is 0.296. The molecule has 2 saturated heterocycles. The van der Waals surface area contributed by atoms with Crippen molar-refractivity contribution >= 4 is 57.1 Å². The summed E-state index contributed by atoms with van der Waals surface area (Å²) in [6, 6.07) is 6.04. The highest BCUT2D eigenvalue weighted by Crippen LogP contribution is 2.25. The van der Waals surface area contributed by atoms with Crippen molar-refractivity contribution in [1.82, 2.24) is 15.1 Å². The van der Waals surface area contributed by atoms with Gasteiger partial charge in [-0.2, -0.15) is 0 Å². The lowest BCUT2D eigenvalue weighted by Crippen LogP contribution is -2.53. The van der Waals surface area contributed by atoms with E-state index in [-0.39, 0.29) is 35.5 Å². The average molecular weight is 556 g/mol. The Kier molecular flexibility index (Phi) is 9.30. The Morgan fingerprint density at radius 3 is 2.41 bits per heavy atom. The van der Waals surface area contributed by atoms with E-state index in [2.05, 4.69) is 38.0 Å². The van der Waals surface area contributed by atoms with Crippen molar-refractivity contribution in [2.45, 2.75) is 6.92 Å². The van der Waals surface area contributed by atoms with Crippen molar-refractivity contribution in [2.24, 2.45) is 4.99 Å². The highest BCUT2D eigenvalue weighted by molar-refractivity contribution is 14.0. The highest BCUT2D eigenvalue weighted by Gasteiger charge is 2.23. The number of hydrogen-bond donors (Lipinski definition) is 1. The van der Waals surface area contributed by atoms with Gasteiger partial charge in [-0.3, -0.25) is 9.89 Å². The van der Waals surface area contributed by atoms with Crippen LogP contribution in [0.3, 0.4) is 0 Å². The van der Waals surface area contributed by atoms with Crippen molar-refractivity contribution in [2.75, 3.05) is 75.8 Å². The van der Waals surface area contributed by atoms with Gasteiger partial charge in [0.15, 0.2) is 15.8 Å². The summed E-state index contributed by atoms with van der Waals surface area (Å²) < 4.78 is 23.0. The Bertz CT molecular complexity index is 799. The maximum atomic E-state index is 11.5. The van der Waals surface area contributed by atoms with Gasteiger partial charge in [0.1, 0.15) is 0 Å².